The Balaban J connectivity index is 3.97. The molecule has 0 aromatic heterocycles. The molecule has 178 valence electrons. The van der Waals surface area contributed by atoms with Gasteiger partial charge in [0.25, 0.3) is 5.79 Å². The van der Waals surface area contributed by atoms with E-state index in [4.69, 9.17) is 16.2 Å². The van der Waals surface area contributed by atoms with E-state index >= 15 is 0 Å². The second kappa shape index (κ2) is 8.94. The molecule has 1 aliphatic rings. The summed E-state index contributed by atoms with van der Waals surface area (Å²) in [6.07, 6.45) is 0.883. The first-order valence-corrected chi connectivity index (χ1v) is 10.7. The molecule has 0 aromatic rings. The molecule has 0 aliphatic carbocycles. The summed E-state index contributed by atoms with van der Waals surface area (Å²) in [7, 11) is 0. The Kier molecular flexibility index (Phi) is 8.02. The largest absolute Gasteiger partial charge is 0.392 e. The molecule has 0 radical (unpaired) electrons. The normalized spacial score (nSPS) is 39.1. The standard InChI is InChI=1S/C19H32N2O9S/c1-10(20)7-6-8-31-15(9-22)17(27,12(3)24)18(28,13(4)25)16(21,11(2)23)19(29,30-15)14(5)26/h10,22,27-29H,6-9,20-21H2,1-5H3/t10?,15-,16+,17-,18-,19?/m1/s1. The van der Waals surface area contributed by atoms with Gasteiger partial charge in [-0.25, -0.2) is 0 Å². The van der Waals surface area contributed by atoms with Crippen LogP contribution in [0.15, 0.2) is 0 Å². The lowest BCUT2D eigenvalue weighted by molar-refractivity contribution is -0.363. The summed E-state index contributed by atoms with van der Waals surface area (Å²) in [4.78, 5) is 47.8. The molecule has 8 N–H and O–H groups in total. The van der Waals surface area contributed by atoms with Crippen LogP contribution < -0.4 is 11.5 Å². The molecule has 6 atom stereocenters. The molecular weight excluding hydrogens is 432 g/mol. The topological polar surface area (TPSA) is 210 Å². The first-order chi connectivity index (χ1) is 14.0. The number of rotatable bonds is 10. The van der Waals surface area contributed by atoms with Crippen LogP contribution in [0, 0.1) is 0 Å². The summed E-state index contributed by atoms with van der Waals surface area (Å²) in [6, 6.07) is -0.192. The summed E-state index contributed by atoms with van der Waals surface area (Å²) in [5, 5.41) is 44.4. The predicted octanol–water partition coefficient (Wildman–Crippen LogP) is -2.23. The van der Waals surface area contributed by atoms with Gasteiger partial charge in [0.1, 0.15) is 0 Å². The molecule has 31 heavy (non-hydrogen) atoms. The Morgan fingerprint density at radius 2 is 1.42 bits per heavy atom. The fourth-order valence-corrected chi connectivity index (χ4v) is 5.48. The van der Waals surface area contributed by atoms with Crippen LogP contribution in [0.2, 0.25) is 0 Å². The zero-order valence-electron chi connectivity index (χ0n) is 18.3. The van der Waals surface area contributed by atoms with Crippen molar-refractivity contribution in [1.29, 1.82) is 0 Å². The summed E-state index contributed by atoms with van der Waals surface area (Å²) < 4.78 is 5.44. The Morgan fingerprint density at radius 1 is 0.935 bits per heavy atom. The lowest BCUT2D eigenvalue weighted by Gasteiger charge is -2.64. The van der Waals surface area contributed by atoms with Crippen LogP contribution in [0.4, 0.5) is 0 Å². The van der Waals surface area contributed by atoms with Crippen LogP contribution in [0.5, 0.6) is 0 Å². The number of aliphatic hydroxyl groups excluding tert-OH is 1. The smallest absolute Gasteiger partial charge is 0.257 e. The molecule has 1 fully saturated rings. The molecule has 12 heteroatoms. The number of nitrogens with two attached hydrogens (primary N) is 2. The molecule has 1 aliphatic heterocycles. The van der Waals surface area contributed by atoms with Crippen molar-refractivity contribution in [2.24, 2.45) is 11.5 Å². The van der Waals surface area contributed by atoms with Crippen molar-refractivity contribution in [2.45, 2.75) is 81.0 Å². The van der Waals surface area contributed by atoms with Gasteiger partial charge in [-0.15, -0.1) is 11.8 Å². The first kappa shape index (κ1) is 27.8. The second-order valence-corrected chi connectivity index (χ2v) is 9.44. The van der Waals surface area contributed by atoms with E-state index in [0.29, 0.717) is 24.6 Å². The maximum absolute atomic E-state index is 12.7. The highest BCUT2D eigenvalue weighted by molar-refractivity contribution is 8.00. The van der Waals surface area contributed by atoms with Gasteiger partial charge in [0.15, 0.2) is 39.2 Å². The van der Waals surface area contributed by atoms with Crippen molar-refractivity contribution in [2.75, 3.05) is 12.4 Å². The maximum atomic E-state index is 12.7. The van der Waals surface area contributed by atoms with Gasteiger partial charge in [-0.2, -0.15) is 0 Å². The predicted molar refractivity (Wildman–Crippen MR) is 111 cm³/mol. The van der Waals surface area contributed by atoms with Gasteiger partial charge < -0.3 is 36.6 Å². The molecule has 2 unspecified atom stereocenters. The minimum atomic E-state index is -3.53. The zero-order chi connectivity index (χ0) is 24.6. The molecule has 1 heterocycles. The van der Waals surface area contributed by atoms with Crippen LogP contribution in [-0.4, -0.2) is 89.4 Å². The van der Waals surface area contributed by atoms with Gasteiger partial charge in [0.2, 0.25) is 5.60 Å². The minimum absolute atomic E-state index is 0.0668. The Morgan fingerprint density at radius 3 is 1.74 bits per heavy atom. The number of ether oxygens (including phenoxy) is 1. The average molecular weight is 465 g/mol. The van der Waals surface area contributed by atoms with E-state index in [9.17, 15) is 39.6 Å². The van der Waals surface area contributed by atoms with Crippen molar-refractivity contribution in [3.63, 3.8) is 0 Å². The van der Waals surface area contributed by atoms with Crippen molar-refractivity contribution >= 4 is 34.9 Å². The lowest BCUT2D eigenvalue weighted by Crippen LogP contribution is -2.95. The second-order valence-electron chi connectivity index (χ2n) is 8.08. The molecule has 0 aromatic carbocycles. The van der Waals surface area contributed by atoms with Gasteiger partial charge in [0.05, 0.1) is 6.61 Å². The molecule has 11 nitrogen and oxygen atoms in total. The molecule has 0 spiro atoms. The number of ketones is 4. The summed E-state index contributed by atoms with van der Waals surface area (Å²) >= 11 is 0.584. The molecule has 0 amide bonds. The van der Waals surface area contributed by atoms with Gasteiger partial charge in [0, 0.05) is 13.0 Å². The Labute approximate surface area is 184 Å². The highest BCUT2D eigenvalue weighted by atomic mass is 32.2. The van der Waals surface area contributed by atoms with E-state index in [2.05, 4.69) is 0 Å². The van der Waals surface area contributed by atoms with E-state index in [-0.39, 0.29) is 11.8 Å². The first-order valence-electron chi connectivity index (χ1n) is 9.67. The minimum Gasteiger partial charge on any atom is -0.392 e. The summed E-state index contributed by atoms with van der Waals surface area (Å²) in [5.41, 5.74) is 1.58. The van der Waals surface area contributed by atoms with E-state index in [1.807, 2.05) is 0 Å². The number of carbonyl (C=O) groups excluding carboxylic acids is 4. The third-order valence-electron chi connectivity index (χ3n) is 5.89. The number of thioether (sulfide) groups is 1. The summed E-state index contributed by atoms with van der Waals surface area (Å²) in [5.74, 6) is -8.56. The number of carbonyl (C=O) groups is 4. The van der Waals surface area contributed by atoms with Gasteiger partial charge >= 0.3 is 0 Å². The Bertz CT molecular complexity index is 777. The highest BCUT2D eigenvalue weighted by Crippen LogP contribution is 2.57. The van der Waals surface area contributed by atoms with Crippen LogP contribution in [0.1, 0.15) is 47.5 Å². The number of aliphatic hydroxyl groups is 4. The van der Waals surface area contributed by atoms with E-state index in [1.165, 1.54) is 0 Å². The van der Waals surface area contributed by atoms with E-state index in [0.717, 1.165) is 27.7 Å². The summed E-state index contributed by atoms with van der Waals surface area (Å²) in [6.45, 7) is 3.58. The molecule has 0 bridgehead atoms. The monoisotopic (exact) mass is 464 g/mol. The third kappa shape index (κ3) is 3.59. The average Bonchev–Trinajstić information content (AvgIpc) is 2.66. The van der Waals surface area contributed by atoms with Gasteiger partial charge in [-0.1, -0.05) is 0 Å². The van der Waals surface area contributed by atoms with Gasteiger partial charge in [-0.05, 0) is 46.3 Å². The molecule has 1 saturated heterocycles. The maximum Gasteiger partial charge on any atom is 0.257 e. The molecule has 1 rings (SSSR count). The fraction of sp³-hybridized carbons (Fsp3) is 0.789. The zero-order valence-corrected chi connectivity index (χ0v) is 19.1. The van der Waals surface area contributed by atoms with Crippen molar-refractivity contribution < 1.29 is 44.3 Å². The van der Waals surface area contributed by atoms with E-state index < -0.39 is 57.2 Å². The SMILES string of the molecule is CC(=O)C1(O)O[C@](CO)(SCCCC(C)N)[C@](O)(C(C)=O)[C@@](O)(C(C)=O)[C@@]1(N)C(C)=O. The van der Waals surface area contributed by atoms with Crippen LogP contribution in [-0.2, 0) is 23.9 Å². The number of hydrogen-bond acceptors (Lipinski definition) is 12. The highest BCUT2D eigenvalue weighted by Gasteiger charge is 2.86. The lowest BCUT2D eigenvalue weighted by atomic mass is 9.56. The number of Topliss-reactive ketones (excluding diaryl/α,β-unsaturated/α-hetero) is 4. The van der Waals surface area contributed by atoms with Crippen LogP contribution in [0.25, 0.3) is 0 Å². The quantitative estimate of drug-likeness (QED) is 0.190. The van der Waals surface area contributed by atoms with Gasteiger partial charge in [-0.3, -0.25) is 19.2 Å². The third-order valence-corrected chi connectivity index (χ3v) is 7.36. The molecule has 0 saturated carbocycles. The fourth-order valence-electron chi connectivity index (χ4n) is 4.07. The number of hydrogen-bond donors (Lipinski definition) is 6. The van der Waals surface area contributed by atoms with Crippen LogP contribution in [0.3, 0.4) is 0 Å². The van der Waals surface area contributed by atoms with E-state index in [1.54, 1.807) is 6.92 Å². The van der Waals surface area contributed by atoms with Crippen molar-refractivity contribution in [1.82, 2.24) is 0 Å². The Hall–Kier alpha value is -1.25. The molecular formula is C19H32N2O9S. The van der Waals surface area contributed by atoms with Crippen LogP contribution >= 0.6 is 11.8 Å². The van der Waals surface area contributed by atoms with Crippen molar-refractivity contribution in [3.8, 4) is 0 Å². The van der Waals surface area contributed by atoms with Crippen molar-refractivity contribution in [3.05, 3.63) is 0 Å².